The van der Waals surface area contributed by atoms with Crippen molar-refractivity contribution >= 4 is 23.9 Å². The van der Waals surface area contributed by atoms with Crippen molar-refractivity contribution in [1.29, 1.82) is 0 Å². The molecule has 14 nitrogen and oxygen atoms in total. The SMILES string of the molecule is CC(=O)OC[C@H]1O[C@H](OCCOCCN=[N+]=[N-])[C@@H](OC(C)=O)[C@@H](OC(C)=O)[C@@H]1OC(C)=O. The lowest BCUT2D eigenvalue weighted by Crippen LogP contribution is -2.63. The van der Waals surface area contributed by atoms with Crippen molar-refractivity contribution < 1.29 is 52.3 Å². The Labute approximate surface area is 184 Å². The number of esters is 4. The van der Waals surface area contributed by atoms with Crippen molar-refractivity contribution in [1.82, 2.24) is 0 Å². The van der Waals surface area contributed by atoms with Gasteiger partial charge in [0.2, 0.25) is 0 Å². The summed E-state index contributed by atoms with van der Waals surface area (Å²) in [6.45, 7) is 4.55. The molecule has 1 aliphatic rings. The van der Waals surface area contributed by atoms with Gasteiger partial charge >= 0.3 is 23.9 Å². The van der Waals surface area contributed by atoms with Gasteiger partial charge in [0.05, 0.1) is 19.8 Å². The van der Waals surface area contributed by atoms with Gasteiger partial charge in [-0.05, 0) is 5.53 Å². The first kappa shape index (κ1) is 27.1. The minimum atomic E-state index is -1.30. The predicted octanol–water partition coefficient (Wildman–Crippen LogP) is 0.413. The van der Waals surface area contributed by atoms with Crippen molar-refractivity contribution in [2.75, 3.05) is 33.0 Å². The summed E-state index contributed by atoms with van der Waals surface area (Å²) in [5.41, 5.74) is 8.23. The highest BCUT2D eigenvalue weighted by atomic mass is 16.7. The number of carbonyl (C=O) groups excluding carboxylic acids is 4. The molecule has 1 rings (SSSR count). The molecular formula is C18H27N3O11. The van der Waals surface area contributed by atoms with Crippen LogP contribution in [0.5, 0.6) is 0 Å². The number of ether oxygens (including phenoxy) is 7. The second kappa shape index (κ2) is 14.2. The van der Waals surface area contributed by atoms with E-state index in [1.165, 1.54) is 6.92 Å². The van der Waals surface area contributed by atoms with E-state index in [0.29, 0.717) is 0 Å². The fourth-order valence-electron chi connectivity index (χ4n) is 2.80. The molecule has 5 atom stereocenters. The molecular weight excluding hydrogens is 434 g/mol. The fourth-order valence-corrected chi connectivity index (χ4v) is 2.80. The fraction of sp³-hybridized carbons (Fsp3) is 0.778. The lowest BCUT2D eigenvalue weighted by Gasteiger charge is -2.44. The van der Waals surface area contributed by atoms with Crippen LogP contribution in [0.3, 0.4) is 0 Å². The monoisotopic (exact) mass is 461 g/mol. The Morgan fingerprint density at radius 2 is 1.44 bits per heavy atom. The summed E-state index contributed by atoms with van der Waals surface area (Å²) >= 11 is 0. The van der Waals surface area contributed by atoms with Gasteiger partial charge in [0, 0.05) is 39.2 Å². The number of hydrogen-bond donors (Lipinski definition) is 0. The Balaban J connectivity index is 3.05. The Morgan fingerprint density at radius 3 is 2.00 bits per heavy atom. The van der Waals surface area contributed by atoms with Crippen LogP contribution >= 0.6 is 0 Å². The molecule has 1 aliphatic heterocycles. The molecule has 1 fully saturated rings. The van der Waals surface area contributed by atoms with Crippen LogP contribution in [-0.4, -0.2) is 87.6 Å². The number of nitrogens with zero attached hydrogens (tertiary/aromatic N) is 3. The van der Waals surface area contributed by atoms with Crippen LogP contribution in [0.15, 0.2) is 5.11 Å². The normalized spacial score (nSPS) is 24.6. The van der Waals surface area contributed by atoms with Crippen molar-refractivity contribution in [3.05, 3.63) is 10.4 Å². The number of rotatable bonds is 12. The molecule has 0 N–H and O–H groups in total. The zero-order valence-electron chi connectivity index (χ0n) is 18.3. The maximum atomic E-state index is 11.7. The van der Waals surface area contributed by atoms with Gasteiger partial charge in [-0.15, -0.1) is 0 Å². The molecule has 0 bridgehead atoms. The van der Waals surface area contributed by atoms with E-state index in [2.05, 4.69) is 10.0 Å². The summed E-state index contributed by atoms with van der Waals surface area (Å²) in [6, 6.07) is 0. The quantitative estimate of drug-likeness (QED) is 0.0980. The van der Waals surface area contributed by atoms with E-state index >= 15 is 0 Å². The van der Waals surface area contributed by atoms with E-state index in [4.69, 9.17) is 38.7 Å². The molecule has 0 aromatic carbocycles. The Kier molecular flexibility index (Phi) is 12.0. The summed E-state index contributed by atoms with van der Waals surface area (Å²) in [6.07, 6.45) is -6.20. The molecule has 0 radical (unpaired) electrons. The first-order valence-electron chi connectivity index (χ1n) is 9.66. The van der Waals surface area contributed by atoms with E-state index in [1.807, 2.05) is 0 Å². The number of carbonyl (C=O) groups is 4. The molecule has 0 aromatic heterocycles. The van der Waals surface area contributed by atoms with Crippen molar-refractivity contribution in [3.8, 4) is 0 Å². The largest absolute Gasteiger partial charge is 0.463 e. The van der Waals surface area contributed by atoms with E-state index < -0.39 is 54.6 Å². The Morgan fingerprint density at radius 1 is 0.844 bits per heavy atom. The molecule has 0 unspecified atom stereocenters. The topological polar surface area (TPSA) is 182 Å². The lowest BCUT2D eigenvalue weighted by molar-refractivity contribution is -0.309. The molecule has 1 saturated heterocycles. The molecule has 180 valence electrons. The average molecular weight is 461 g/mol. The van der Waals surface area contributed by atoms with Gasteiger partial charge < -0.3 is 33.2 Å². The lowest BCUT2D eigenvalue weighted by atomic mass is 9.98. The van der Waals surface area contributed by atoms with E-state index in [1.54, 1.807) is 0 Å². The smallest absolute Gasteiger partial charge is 0.303 e. The van der Waals surface area contributed by atoms with Crippen LogP contribution in [0.4, 0.5) is 0 Å². The third kappa shape index (κ3) is 9.92. The highest BCUT2D eigenvalue weighted by Crippen LogP contribution is 2.29. The average Bonchev–Trinajstić information content (AvgIpc) is 2.68. The first-order valence-corrected chi connectivity index (χ1v) is 9.66. The van der Waals surface area contributed by atoms with Crippen LogP contribution in [0.1, 0.15) is 27.7 Å². The molecule has 1 heterocycles. The third-order valence-corrected chi connectivity index (χ3v) is 3.86. The summed E-state index contributed by atoms with van der Waals surface area (Å²) in [5, 5.41) is 3.32. The number of azide groups is 1. The van der Waals surface area contributed by atoms with Crippen LogP contribution in [-0.2, 0) is 52.3 Å². The minimum Gasteiger partial charge on any atom is -0.463 e. The van der Waals surface area contributed by atoms with Crippen molar-refractivity contribution in [2.24, 2.45) is 5.11 Å². The van der Waals surface area contributed by atoms with Crippen molar-refractivity contribution in [3.63, 3.8) is 0 Å². The molecule has 0 aliphatic carbocycles. The third-order valence-electron chi connectivity index (χ3n) is 3.86. The van der Waals surface area contributed by atoms with Gasteiger partial charge in [-0.1, -0.05) is 5.11 Å². The van der Waals surface area contributed by atoms with Gasteiger partial charge in [-0.25, -0.2) is 0 Å². The summed E-state index contributed by atoms with van der Waals surface area (Å²) < 4.78 is 37.3. The molecule has 0 saturated carbocycles. The molecule has 0 aromatic rings. The standard InChI is InChI=1S/C18H27N3O11/c1-10(22)28-9-14-15(29-11(2)23)16(30-12(3)24)17(31-13(4)25)18(32-14)27-8-7-26-6-5-20-21-19/h14-18H,5-9H2,1-4H3/t14-,15-,16+,17+,18+/m1/s1. The molecule has 0 spiro atoms. The number of hydrogen-bond acceptors (Lipinski definition) is 12. The zero-order chi connectivity index (χ0) is 24.1. The van der Waals surface area contributed by atoms with Crippen LogP contribution in [0, 0.1) is 0 Å². The van der Waals surface area contributed by atoms with Gasteiger partial charge in [0.1, 0.15) is 12.7 Å². The Hall–Kier alpha value is -2.93. The van der Waals surface area contributed by atoms with Crippen molar-refractivity contribution in [2.45, 2.75) is 58.4 Å². The van der Waals surface area contributed by atoms with Gasteiger partial charge in [0.15, 0.2) is 24.6 Å². The Bertz CT molecular complexity index is 710. The van der Waals surface area contributed by atoms with Crippen LogP contribution in [0.25, 0.3) is 10.4 Å². The van der Waals surface area contributed by atoms with E-state index in [9.17, 15) is 19.2 Å². The molecule has 32 heavy (non-hydrogen) atoms. The zero-order valence-corrected chi connectivity index (χ0v) is 18.3. The van der Waals surface area contributed by atoms with E-state index in [0.717, 1.165) is 20.8 Å². The highest BCUT2D eigenvalue weighted by Gasteiger charge is 2.52. The van der Waals surface area contributed by atoms with Crippen LogP contribution < -0.4 is 0 Å². The van der Waals surface area contributed by atoms with Gasteiger partial charge in [-0.2, -0.15) is 0 Å². The second-order valence-corrected chi connectivity index (χ2v) is 6.51. The summed E-state index contributed by atoms with van der Waals surface area (Å²) in [7, 11) is 0. The van der Waals surface area contributed by atoms with Gasteiger partial charge in [-0.3, -0.25) is 19.2 Å². The maximum Gasteiger partial charge on any atom is 0.303 e. The maximum absolute atomic E-state index is 11.7. The second-order valence-electron chi connectivity index (χ2n) is 6.51. The van der Waals surface area contributed by atoms with Crippen LogP contribution in [0.2, 0.25) is 0 Å². The van der Waals surface area contributed by atoms with E-state index in [-0.39, 0.29) is 33.0 Å². The highest BCUT2D eigenvalue weighted by molar-refractivity contribution is 5.68. The predicted molar refractivity (Wildman–Crippen MR) is 103 cm³/mol. The molecule has 14 heteroatoms. The van der Waals surface area contributed by atoms with Gasteiger partial charge in [0.25, 0.3) is 0 Å². The minimum absolute atomic E-state index is 0.0377. The summed E-state index contributed by atoms with van der Waals surface area (Å²) in [4.78, 5) is 48.9. The molecule has 0 amide bonds. The summed E-state index contributed by atoms with van der Waals surface area (Å²) in [5.74, 6) is -2.81. The first-order chi connectivity index (χ1) is 15.1.